The average molecular weight is 429 g/mol. The van der Waals surface area contributed by atoms with Crippen LogP contribution in [0.5, 0.6) is 0 Å². The Hall–Kier alpha value is -2.98. The largest absolute Gasteiger partial charge is 0.366 e. The normalized spacial score (nSPS) is 14.8. The van der Waals surface area contributed by atoms with Gasteiger partial charge in [-0.25, -0.2) is 23.9 Å². The summed E-state index contributed by atoms with van der Waals surface area (Å²) in [5, 5.41) is 0.491. The zero-order valence-electron chi connectivity index (χ0n) is 16.5. The van der Waals surface area contributed by atoms with Crippen LogP contribution in [-0.2, 0) is 0 Å². The highest BCUT2D eigenvalue weighted by molar-refractivity contribution is 7.98. The molecule has 1 aliphatic heterocycles. The third kappa shape index (κ3) is 3.88. The Morgan fingerprint density at radius 1 is 1.13 bits per heavy atom. The maximum absolute atomic E-state index is 13.4. The van der Waals surface area contributed by atoms with E-state index in [-0.39, 0.29) is 11.3 Å². The Bertz CT molecular complexity index is 1120. The lowest BCUT2D eigenvalue weighted by Gasteiger charge is -2.32. The zero-order chi connectivity index (χ0) is 21.3. The van der Waals surface area contributed by atoms with Crippen LogP contribution in [0.3, 0.4) is 0 Å². The van der Waals surface area contributed by atoms with Crippen molar-refractivity contribution in [1.29, 1.82) is 0 Å². The molecule has 1 aromatic carbocycles. The van der Waals surface area contributed by atoms with E-state index in [1.165, 1.54) is 36.0 Å². The standard InChI is InChI=1S/C20H20FN5O3S/c1-24-9-11-25(12-10-24)20(28)26-17(15-7-8-22-19(23-15)30-2)16(18(27)29-26)13-3-5-14(21)6-4-13/h3-8H,9-12H2,1-2H3. The number of benzene rings is 1. The number of aromatic nitrogens is 3. The van der Waals surface area contributed by atoms with Crippen molar-refractivity contribution in [2.24, 2.45) is 0 Å². The quantitative estimate of drug-likeness (QED) is 0.467. The highest BCUT2D eigenvalue weighted by atomic mass is 32.2. The number of thioether (sulfide) groups is 1. The van der Waals surface area contributed by atoms with E-state index in [2.05, 4.69) is 14.9 Å². The minimum Gasteiger partial charge on any atom is -0.326 e. The van der Waals surface area contributed by atoms with E-state index >= 15 is 0 Å². The fourth-order valence-corrected chi connectivity index (χ4v) is 3.66. The van der Waals surface area contributed by atoms with Gasteiger partial charge in [-0.2, -0.15) is 0 Å². The van der Waals surface area contributed by atoms with Crippen molar-refractivity contribution in [2.75, 3.05) is 39.5 Å². The fraction of sp³-hybridized carbons (Fsp3) is 0.300. The van der Waals surface area contributed by atoms with Crippen LogP contribution in [0.1, 0.15) is 0 Å². The highest BCUT2D eigenvalue weighted by Gasteiger charge is 2.29. The van der Waals surface area contributed by atoms with Gasteiger partial charge in [0.25, 0.3) is 0 Å². The van der Waals surface area contributed by atoms with E-state index in [4.69, 9.17) is 4.52 Å². The van der Waals surface area contributed by atoms with Crippen LogP contribution in [0, 0.1) is 5.82 Å². The van der Waals surface area contributed by atoms with Gasteiger partial charge in [0.1, 0.15) is 11.5 Å². The molecule has 0 spiro atoms. The molecule has 0 saturated carbocycles. The number of amides is 1. The molecule has 0 aliphatic carbocycles. The van der Waals surface area contributed by atoms with E-state index in [1.807, 2.05) is 13.3 Å². The number of halogens is 1. The molecular formula is C20H20FN5O3S. The Morgan fingerprint density at radius 3 is 2.50 bits per heavy atom. The maximum atomic E-state index is 13.4. The van der Waals surface area contributed by atoms with Crippen molar-refractivity contribution in [3.05, 3.63) is 52.8 Å². The lowest BCUT2D eigenvalue weighted by Crippen LogP contribution is -2.48. The first-order chi connectivity index (χ1) is 14.5. The van der Waals surface area contributed by atoms with Crippen molar-refractivity contribution in [3.63, 3.8) is 0 Å². The summed E-state index contributed by atoms with van der Waals surface area (Å²) >= 11 is 1.34. The van der Waals surface area contributed by atoms with Gasteiger partial charge in [0.05, 0.1) is 11.3 Å². The van der Waals surface area contributed by atoms with Gasteiger partial charge < -0.3 is 14.3 Å². The van der Waals surface area contributed by atoms with Gasteiger partial charge in [-0.15, -0.1) is 4.74 Å². The molecule has 0 unspecified atom stereocenters. The second-order valence-corrected chi connectivity index (χ2v) is 7.68. The predicted octanol–water partition coefficient (Wildman–Crippen LogP) is 2.64. The van der Waals surface area contributed by atoms with Crippen molar-refractivity contribution in [1.82, 2.24) is 24.5 Å². The lowest BCUT2D eigenvalue weighted by molar-refractivity contribution is 0.134. The fourth-order valence-electron chi connectivity index (χ4n) is 3.31. The molecule has 0 radical (unpaired) electrons. The lowest BCUT2D eigenvalue weighted by atomic mass is 10.0. The molecule has 1 aliphatic rings. The molecule has 2 aromatic heterocycles. The van der Waals surface area contributed by atoms with Crippen molar-refractivity contribution in [2.45, 2.75) is 5.16 Å². The average Bonchev–Trinajstić information content (AvgIpc) is 3.11. The molecule has 0 atom stereocenters. The molecule has 10 heteroatoms. The SMILES string of the molecule is CSc1nccc(-c2c(-c3ccc(F)cc3)c(=O)on2C(=O)N2CCN(C)CC2)n1. The first-order valence-electron chi connectivity index (χ1n) is 9.35. The molecule has 0 N–H and O–H groups in total. The van der Waals surface area contributed by atoms with Crippen LogP contribution in [0.4, 0.5) is 9.18 Å². The molecular weight excluding hydrogens is 409 g/mol. The Morgan fingerprint density at radius 2 is 1.83 bits per heavy atom. The Kier molecular flexibility index (Phi) is 5.69. The molecule has 1 amide bonds. The summed E-state index contributed by atoms with van der Waals surface area (Å²) in [6, 6.07) is 6.65. The van der Waals surface area contributed by atoms with Gasteiger partial charge in [-0.05, 0) is 37.1 Å². The zero-order valence-corrected chi connectivity index (χ0v) is 17.4. The predicted molar refractivity (Wildman–Crippen MR) is 111 cm³/mol. The van der Waals surface area contributed by atoms with E-state index in [9.17, 15) is 14.0 Å². The van der Waals surface area contributed by atoms with Crippen LogP contribution < -0.4 is 5.63 Å². The first-order valence-corrected chi connectivity index (χ1v) is 10.6. The molecule has 30 heavy (non-hydrogen) atoms. The van der Waals surface area contributed by atoms with E-state index in [0.29, 0.717) is 29.5 Å². The molecule has 3 aromatic rings. The summed E-state index contributed by atoms with van der Waals surface area (Å²) in [5.74, 6) is -0.427. The smallest absolute Gasteiger partial charge is 0.326 e. The van der Waals surface area contributed by atoms with Crippen LogP contribution >= 0.6 is 11.8 Å². The highest BCUT2D eigenvalue weighted by Crippen LogP contribution is 2.30. The molecule has 1 saturated heterocycles. The summed E-state index contributed by atoms with van der Waals surface area (Å²) in [6.07, 6.45) is 3.39. The van der Waals surface area contributed by atoms with E-state index < -0.39 is 17.5 Å². The van der Waals surface area contributed by atoms with E-state index in [0.717, 1.165) is 17.8 Å². The number of carbonyl (C=O) groups excluding carboxylic acids is 1. The van der Waals surface area contributed by atoms with Crippen molar-refractivity contribution < 1.29 is 13.7 Å². The Balaban J connectivity index is 1.88. The maximum Gasteiger partial charge on any atom is 0.366 e. The minimum atomic E-state index is -0.691. The number of piperazine rings is 1. The molecule has 3 heterocycles. The molecule has 8 nitrogen and oxygen atoms in total. The third-order valence-electron chi connectivity index (χ3n) is 4.96. The number of hydrogen-bond acceptors (Lipinski definition) is 7. The molecule has 0 bridgehead atoms. The van der Waals surface area contributed by atoms with Gasteiger partial charge in [-0.1, -0.05) is 23.9 Å². The summed E-state index contributed by atoms with van der Waals surface area (Å²) in [7, 11) is 1.99. The minimum absolute atomic E-state index is 0.156. The van der Waals surface area contributed by atoms with Gasteiger partial charge in [0, 0.05) is 32.4 Å². The third-order valence-corrected chi connectivity index (χ3v) is 5.52. The van der Waals surface area contributed by atoms with Gasteiger partial charge in [-0.3, -0.25) is 0 Å². The number of likely N-dealkylation sites (N-methyl/N-ethyl adjacent to an activating group) is 1. The van der Waals surface area contributed by atoms with Crippen molar-refractivity contribution >= 4 is 17.8 Å². The van der Waals surface area contributed by atoms with Gasteiger partial charge in [0.2, 0.25) is 0 Å². The van der Waals surface area contributed by atoms with E-state index in [1.54, 1.807) is 17.2 Å². The van der Waals surface area contributed by atoms with Crippen molar-refractivity contribution in [3.8, 4) is 22.5 Å². The van der Waals surface area contributed by atoms with Crippen LogP contribution in [0.15, 0.2) is 51.0 Å². The summed E-state index contributed by atoms with van der Waals surface area (Å²) in [5.41, 5.74) is 0.510. The summed E-state index contributed by atoms with van der Waals surface area (Å²) in [6.45, 7) is 2.48. The van der Waals surface area contributed by atoms with Crippen LogP contribution in [0.25, 0.3) is 22.5 Å². The van der Waals surface area contributed by atoms with Crippen LogP contribution in [0.2, 0.25) is 0 Å². The second kappa shape index (κ2) is 8.41. The summed E-state index contributed by atoms with van der Waals surface area (Å²) in [4.78, 5) is 38.4. The molecule has 1 fully saturated rings. The molecule has 156 valence electrons. The second-order valence-electron chi connectivity index (χ2n) is 6.91. The number of hydrogen-bond donors (Lipinski definition) is 0. The summed E-state index contributed by atoms with van der Waals surface area (Å²) < 4.78 is 19.8. The van der Waals surface area contributed by atoms with Gasteiger partial charge in [0.15, 0.2) is 5.16 Å². The monoisotopic (exact) mass is 429 g/mol. The number of nitrogens with zero attached hydrogens (tertiary/aromatic N) is 5. The van der Waals surface area contributed by atoms with Gasteiger partial charge >= 0.3 is 11.7 Å². The topological polar surface area (TPSA) is 84.5 Å². The Labute approximate surface area is 176 Å². The first kappa shape index (κ1) is 20.3. The number of rotatable bonds is 3. The number of carbonyl (C=O) groups is 1. The molecule has 4 rings (SSSR count). The van der Waals surface area contributed by atoms with Crippen LogP contribution in [-0.4, -0.2) is 70.0 Å².